The zero-order chi connectivity index (χ0) is 31.6. The third-order valence-corrected chi connectivity index (χ3v) is 7.52. The lowest BCUT2D eigenvalue weighted by Gasteiger charge is -2.19. The van der Waals surface area contributed by atoms with Crippen molar-refractivity contribution >= 4 is 23.9 Å². The lowest BCUT2D eigenvalue weighted by molar-refractivity contribution is -0.125. The SMILES string of the molecule is COc1cc2c(c(OC)c1OC)-c1ccc(NCCNC(=O)[C@H](Cc3ccccc3)NC=O)c(=O)cc1[C@@H](NC(C)=O)CC2. The Labute approximate surface area is 256 Å². The quantitative estimate of drug-likeness (QED) is 0.173. The van der Waals surface area contributed by atoms with E-state index >= 15 is 0 Å². The summed E-state index contributed by atoms with van der Waals surface area (Å²) < 4.78 is 17.0. The summed E-state index contributed by atoms with van der Waals surface area (Å²) in [6.07, 6.45) is 2.00. The molecule has 0 radical (unpaired) electrons. The highest BCUT2D eigenvalue weighted by atomic mass is 16.5. The number of hydrogen-bond acceptors (Lipinski definition) is 8. The molecule has 3 aromatic carbocycles. The van der Waals surface area contributed by atoms with Crippen molar-refractivity contribution in [2.75, 3.05) is 39.7 Å². The number of methoxy groups -OCH3 is 3. The summed E-state index contributed by atoms with van der Waals surface area (Å²) in [5.74, 6) is 0.872. The number of carbonyl (C=O) groups is 3. The van der Waals surface area contributed by atoms with Crippen LogP contribution in [-0.4, -0.2) is 58.7 Å². The second kappa shape index (κ2) is 14.9. The van der Waals surface area contributed by atoms with Crippen LogP contribution in [0.4, 0.5) is 5.69 Å². The monoisotopic (exact) mass is 602 g/mol. The Morgan fingerprint density at radius 2 is 1.73 bits per heavy atom. The summed E-state index contributed by atoms with van der Waals surface area (Å²) in [4.78, 5) is 49.5. The van der Waals surface area contributed by atoms with Crippen molar-refractivity contribution in [1.82, 2.24) is 16.0 Å². The molecule has 232 valence electrons. The van der Waals surface area contributed by atoms with Crippen LogP contribution in [0.2, 0.25) is 0 Å². The molecule has 0 aromatic heterocycles. The van der Waals surface area contributed by atoms with Crippen LogP contribution in [0.3, 0.4) is 0 Å². The van der Waals surface area contributed by atoms with Gasteiger partial charge in [0.05, 0.1) is 33.1 Å². The Hall–Kier alpha value is -5.06. The number of carbonyl (C=O) groups excluding carboxylic acids is 3. The fourth-order valence-electron chi connectivity index (χ4n) is 5.52. The fourth-order valence-corrected chi connectivity index (χ4v) is 5.52. The van der Waals surface area contributed by atoms with Gasteiger partial charge in [0, 0.05) is 32.0 Å². The van der Waals surface area contributed by atoms with Gasteiger partial charge in [0.25, 0.3) is 0 Å². The largest absolute Gasteiger partial charge is 0.493 e. The van der Waals surface area contributed by atoms with Gasteiger partial charge in [-0.25, -0.2) is 0 Å². The van der Waals surface area contributed by atoms with E-state index in [0.717, 1.165) is 22.3 Å². The van der Waals surface area contributed by atoms with Crippen molar-refractivity contribution in [2.24, 2.45) is 0 Å². The van der Waals surface area contributed by atoms with Crippen molar-refractivity contribution in [3.8, 4) is 28.4 Å². The van der Waals surface area contributed by atoms with Crippen molar-refractivity contribution < 1.29 is 28.6 Å². The Kier molecular flexibility index (Phi) is 10.8. The summed E-state index contributed by atoms with van der Waals surface area (Å²) in [5, 5.41) is 11.5. The molecule has 0 fully saturated rings. The highest BCUT2D eigenvalue weighted by molar-refractivity contribution is 5.85. The van der Waals surface area contributed by atoms with Crippen LogP contribution in [-0.2, 0) is 27.2 Å². The van der Waals surface area contributed by atoms with Gasteiger partial charge in [-0.15, -0.1) is 0 Å². The van der Waals surface area contributed by atoms with Gasteiger partial charge in [-0.1, -0.05) is 36.4 Å². The molecule has 0 bridgehead atoms. The lowest BCUT2D eigenvalue weighted by atomic mass is 9.95. The van der Waals surface area contributed by atoms with Gasteiger partial charge in [0.1, 0.15) is 6.04 Å². The van der Waals surface area contributed by atoms with Gasteiger partial charge in [-0.05, 0) is 53.3 Å². The normalized spacial score (nSPS) is 14.0. The molecule has 4 N–H and O–H groups in total. The minimum atomic E-state index is -0.730. The minimum absolute atomic E-state index is 0.211. The zero-order valence-corrected chi connectivity index (χ0v) is 25.3. The van der Waals surface area contributed by atoms with Crippen LogP contribution in [0, 0.1) is 0 Å². The van der Waals surface area contributed by atoms with Crippen LogP contribution in [0.1, 0.15) is 36.1 Å². The molecule has 44 heavy (non-hydrogen) atoms. The number of hydrogen-bond donors (Lipinski definition) is 4. The molecule has 0 unspecified atom stereocenters. The van der Waals surface area contributed by atoms with E-state index < -0.39 is 12.1 Å². The standard InChI is InChI=1S/C33H38N4O7/c1-20(39)37-25-12-10-22-17-29(42-2)31(43-3)32(44-4)30(22)23-11-13-26(28(40)18-24(23)25)34-14-15-35-33(41)27(36-19-38)16-21-8-6-5-7-9-21/h5-9,11,13,17-19,25,27H,10,12,14-16H2,1-4H3,(H,34,40)(H,35,41)(H,36,38)(H,37,39)/t25-,27-/m0/s1. The van der Waals surface area contributed by atoms with E-state index in [0.29, 0.717) is 54.2 Å². The van der Waals surface area contributed by atoms with Gasteiger partial charge in [-0.3, -0.25) is 19.2 Å². The fraction of sp³-hybridized carbons (Fsp3) is 0.333. The van der Waals surface area contributed by atoms with Crippen molar-refractivity contribution in [3.63, 3.8) is 0 Å². The predicted molar refractivity (Wildman–Crippen MR) is 167 cm³/mol. The first-order valence-corrected chi connectivity index (χ1v) is 14.3. The number of amides is 3. The first-order valence-electron chi connectivity index (χ1n) is 14.3. The molecule has 2 atom stereocenters. The Bertz CT molecular complexity index is 1560. The molecule has 0 aliphatic heterocycles. The van der Waals surface area contributed by atoms with Crippen molar-refractivity contribution in [3.05, 3.63) is 81.5 Å². The van der Waals surface area contributed by atoms with Crippen LogP contribution in [0.15, 0.2) is 59.4 Å². The smallest absolute Gasteiger partial charge is 0.242 e. The van der Waals surface area contributed by atoms with Crippen LogP contribution < -0.4 is 40.9 Å². The number of aryl methyl sites for hydroxylation is 1. The van der Waals surface area contributed by atoms with Crippen molar-refractivity contribution in [2.45, 2.75) is 38.3 Å². The van der Waals surface area contributed by atoms with Crippen LogP contribution in [0.5, 0.6) is 17.2 Å². The first kappa shape index (κ1) is 31.9. The summed E-state index contributed by atoms with van der Waals surface area (Å²) in [5.41, 5.74) is 4.02. The van der Waals surface area contributed by atoms with Crippen LogP contribution in [0.25, 0.3) is 11.1 Å². The summed E-state index contributed by atoms with van der Waals surface area (Å²) in [6.45, 7) is 1.92. The molecule has 1 aliphatic rings. The van der Waals surface area contributed by atoms with E-state index in [2.05, 4.69) is 21.3 Å². The second-order valence-corrected chi connectivity index (χ2v) is 10.3. The molecule has 1 aliphatic carbocycles. The highest BCUT2D eigenvalue weighted by Crippen LogP contribution is 2.50. The number of ether oxygens (including phenoxy) is 3. The van der Waals surface area contributed by atoms with Gasteiger partial charge < -0.3 is 35.5 Å². The maximum absolute atomic E-state index is 13.5. The average molecular weight is 603 g/mol. The molecule has 3 aromatic rings. The van der Waals surface area contributed by atoms with Gasteiger partial charge in [-0.2, -0.15) is 0 Å². The predicted octanol–water partition coefficient (Wildman–Crippen LogP) is 2.75. The van der Waals surface area contributed by atoms with E-state index in [4.69, 9.17) is 14.2 Å². The van der Waals surface area contributed by atoms with E-state index in [1.165, 1.54) is 20.1 Å². The van der Waals surface area contributed by atoms with Gasteiger partial charge in [0.2, 0.25) is 29.4 Å². The molecule has 0 saturated heterocycles. The van der Waals surface area contributed by atoms with Crippen molar-refractivity contribution in [1.29, 1.82) is 0 Å². The van der Waals surface area contributed by atoms with E-state index in [1.807, 2.05) is 42.5 Å². The van der Waals surface area contributed by atoms with E-state index in [1.54, 1.807) is 20.3 Å². The number of rotatable bonds is 13. The Morgan fingerprint density at radius 3 is 2.39 bits per heavy atom. The zero-order valence-electron chi connectivity index (χ0n) is 25.3. The first-order chi connectivity index (χ1) is 21.3. The lowest BCUT2D eigenvalue weighted by Crippen LogP contribution is -2.46. The Balaban J connectivity index is 1.60. The third kappa shape index (κ3) is 7.28. The molecular weight excluding hydrogens is 564 g/mol. The minimum Gasteiger partial charge on any atom is -0.493 e. The Morgan fingerprint density at radius 1 is 0.977 bits per heavy atom. The van der Waals surface area contributed by atoms with Gasteiger partial charge in [0.15, 0.2) is 11.5 Å². The van der Waals surface area contributed by atoms with Gasteiger partial charge >= 0.3 is 0 Å². The maximum Gasteiger partial charge on any atom is 0.242 e. The van der Waals surface area contributed by atoms with Crippen LogP contribution >= 0.6 is 0 Å². The summed E-state index contributed by atoms with van der Waals surface area (Å²) in [6, 6.07) is 15.2. The number of anilines is 1. The molecule has 11 heteroatoms. The number of fused-ring (bicyclic) bond motifs is 3. The molecule has 3 amide bonds. The maximum atomic E-state index is 13.5. The van der Waals surface area contributed by atoms with E-state index in [9.17, 15) is 19.2 Å². The molecule has 11 nitrogen and oxygen atoms in total. The van der Waals surface area contributed by atoms with E-state index in [-0.39, 0.29) is 30.3 Å². The molecule has 0 spiro atoms. The second-order valence-electron chi connectivity index (χ2n) is 10.3. The number of benzene rings is 2. The topological polar surface area (TPSA) is 144 Å². The number of nitrogens with one attached hydrogen (secondary N) is 4. The molecular formula is C33H38N4O7. The summed E-state index contributed by atoms with van der Waals surface area (Å²) >= 11 is 0. The molecule has 0 heterocycles. The third-order valence-electron chi connectivity index (χ3n) is 7.52. The molecule has 4 rings (SSSR count). The molecule has 0 saturated carbocycles. The summed E-state index contributed by atoms with van der Waals surface area (Å²) in [7, 11) is 4.64. The highest BCUT2D eigenvalue weighted by Gasteiger charge is 2.29. The average Bonchev–Trinajstić information content (AvgIpc) is 3.26.